The van der Waals surface area contributed by atoms with Gasteiger partial charge in [-0.1, -0.05) is 42.0 Å². The zero-order chi connectivity index (χ0) is 8.97. The molecule has 3 nitrogen and oxygen atoms in total. The summed E-state index contributed by atoms with van der Waals surface area (Å²) in [5.74, 6) is 0. The van der Waals surface area contributed by atoms with E-state index in [0.29, 0.717) is 4.99 Å². The number of thiocarbonyl (C=S) groups is 1. The van der Waals surface area contributed by atoms with Crippen LogP contribution in [-0.4, -0.2) is 4.99 Å². The summed E-state index contributed by atoms with van der Waals surface area (Å²) in [6.45, 7) is 2.00. The average molecular weight is 178 g/mol. The van der Waals surface area contributed by atoms with Crippen LogP contribution in [-0.2, 0) is 0 Å². The Hall–Kier alpha value is -1.47. The maximum atomic E-state index is 8.18. The van der Waals surface area contributed by atoms with E-state index in [1.54, 1.807) is 0 Å². The lowest BCUT2D eigenvalue weighted by Crippen LogP contribution is -2.13. The maximum absolute atomic E-state index is 8.18. The third kappa shape index (κ3) is 2.01. The Morgan fingerprint density at radius 1 is 1.42 bits per heavy atom. The summed E-state index contributed by atoms with van der Waals surface area (Å²) in [5, 5.41) is 10.9. The van der Waals surface area contributed by atoms with E-state index in [1.807, 2.05) is 31.2 Å². The highest BCUT2D eigenvalue weighted by Crippen LogP contribution is 2.03. The number of rotatable bonds is 1. The number of nitrogens with one attached hydrogen (secondary N) is 1. The van der Waals surface area contributed by atoms with Crippen molar-refractivity contribution in [2.45, 2.75) is 6.92 Å². The highest BCUT2D eigenvalue weighted by Gasteiger charge is 2.03. The minimum atomic E-state index is 0.414. The molecule has 0 fully saturated rings. The minimum absolute atomic E-state index is 0.414. The van der Waals surface area contributed by atoms with Crippen LogP contribution < -0.4 is 5.43 Å². The third-order valence-corrected chi connectivity index (χ3v) is 1.79. The van der Waals surface area contributed by atoms with Gasteiger partial charge in [-0.15, -0.1) is 0 Å². The molecule has 0 bridgehead atoms. The lowest BCUT2D eigenvalue weighted by Gasteiger charge is -1.95. The van der Waals surface area contributed by atoms with Crippen LogP contribution in [0.1, 0.15) is 11.1 Å². The van der Waals surface area contributed by atoms with Crippen LogP contribution in [0.5, 0.6) is 0 Å². The average Bonchev–Trinajstić information content (AvgIpc) is 2.06. The van der Waals surface area contributed by atoms with Gasteiger partial charge in [0.25, 0.3) is 5.39 Å². The molecule has 0 amide bonds. The van der Waals surface area contributed by atoms with E-state index in [4.69, 9.17) is 17.6 Å². The summed E-state index contributed by atoms with van der Waals surface area (Å²) in [5.41, 5.74) is 4.30. The van der Waals surface area contributed by atoms with Crippen molar-refractivity contribution in [3.63, 3.8) is 0 Å². The van der Waals surface area contributed by atoms with E-state index >= 15 is 0 Å². The van der Waals surface area contributed by atoms with Crippen LogP contribution >= 0.6 is 12.2 Å². The van der Waals surface area contributed by atoms with Crippen molar-refractivity contribution in [2.75, 3.05) is 0 Å². The van der Waals surface area contributed by atoms with Crippen molar-refractivity contribution in [1.82, 2.24) is 5.43 Å². The molecule has 60 valence electrons. The summed E-state index contributed by atoms with van der Waals surface area (Å²) in [6, 6.07) is 7.63. The van der Waals surface area contributed by atoms with E-state index in [2.05, 4.69) is 10.5 Å². The summed E-state index contributed by atoms with van der Waals surface area (Å²) < 4.78 is 0. The number of hydrogen-bond donors (Lipinski definition) is 1. The fourth-order valence-electron chi connectivity index (χ4n) is 0.815. The first-order valence-electron chi connectivity index (χ1n) is 3.45. The Morgan fingerprint density at radius 3 is 2.50 bits per heavy atom. The quantitative estimate of drug-likeness (QED) is 0.406. The Balaban J connectivity index is 2.84. The van der Waals surface area contributed by atoms with Gasteiger partial charge in [-0.2, -0.15) is 0 Å². The molecule has 0 saturated heterocycles. The molecule has 12 heavy (non-hydrogen) atoms. The SMILES string of the molecule is Cc1ccc(C(=S)N[N+]#N)cc1. The van der Waals surface area contributed by atoms with Crippen LogP contribution in [0, 0.1) is 12.3 Å². The second kappa shape index (κ2) is 3.79. The predicted molar refractivity (Wildman–Crippen MR) is 51.1 cm³/mol. The van der Waals surface area contributed by atoms with Crippen LogP contribution in [0.4, 0.5) is 0 Å². The van der Waals surface area contributed by atoms with Gasteiger partial charge < -0.3 is 0 Å². The molecule has 1 aromatic carbocycles. The Labute approximate surface area is 76.0 Å². The number of diazo groups is 1. The molecule has 1 aromatic rings. The summed E-state index contributed by atoms with van der Waals surface area (Å²) in [4.78, 5) is 0.414. The first-order chi connectivity index (χ1) is 5.74. The molecule has 1 rings (SSSR count). The largest absolute Gasteiger partial charge is 0.308 e. The highest BCUT2D eigenvalue weighted by atomic mass is 32.1. The molecule has 0 unspecified atom stereocenters. The molecule has 0 heterocycles. The molecule has 0 spiro atoms. The summed E-state index contributed by atoms with van der Waals surface area (Å²) >= 11 is 4.90. The summed E-state index contributed by atoms with van der Waals surface area (Å²) in [7, 11) is 0. The van der Waals surface area contributed by atoms with Gasteiger partial charge in [0.2, 0.25) is 0 Å². The molecule has 1 N–H and O–H groups in total. The van der Waals surface area contributed by atoms with E-state index in [9.17, 15) is 0 Å². The van der Waals surface area contributed by atoms with Gasteiger partial charge in [-0.05, 0) is 12.3 Å². The molecule has 0 radical (unpaired) electrons. The zero-order valence-electron chi connectivity index (χ0n) is 6.61. The van der Waals surface area contributed by atoms with Crippen molar-refractivity contribution in [2.24, 2.45) is 0 Å². The predicted octanol–water partition coefficient (Wildman–Crippen LogP) is 2.03. The molecule has 0 atom stereocenters. The lowest BCUT2D eigenvalue weighted by molar-refractivity contribution is 1.20. The first-order valence-corrected chi connectivity index (χ1v) is 3.86. The van der Waals surface area contributed by atoms with Gasteiger partial charge in [0, 0.05) is 5.56 Å². The second-order valence-corrected chi connectivity index (χ2v) is 2.82. The van der Waals surface area contributed by atoms with Crippen LogP contribution in [0.15, 0.2) is 24.3 Å². The van der Waals surface area contributed by atoms with Gasteiger partial charge in [-0.3, -0.25) is 0 Å². The van der Waals surface area contributed by atoms with Crippen molar-refractivity contribution < 1.29 is 0 Å². The fraction of sp³-hybridized carbons (Fsp3) is 0.125. The zero-order valence-corrected chi connectivity index (χ0v) is 7.43. The van der Waals surface area contributed by atoms with Crippen molar-refractivity contribution >= 4 is 17.2 Å². The van der Waals surface area contributed by atoms with Crippen LogP contribution in [0.25, 0.3) is 5.08 Å². The fourth-order valence-corrected chi connectivity index (χ4v) is 0.992. The smallest absolute Gasteiger partial charge is 0.0586 e. The minimum Gasteiger partial charge on any atom is -0.0586 e. The van der Waals surface area contributed by atoms with E-state index < -0.39 is 0 Å². The molecule has 4 heteroatoms. The van der Waals surface area contributed by atoms with Crippen LogP contribution in [0.3, 0.4) is 0 Å². The van der Waals surface area contributed by atoms with Crippen molar-refractivity contribution in [3.8, 4) is 0 Å². The normalized spacial score (nSPS) is 8.67. The molecule has 0 aliphatic heterocycles. The molecule has 0 aliphatic carbocycles. The van der Waals surface area contributed by atoms with Crippen molar-refractivity contribution in [1.29, 1.82) is 5.39 Å². The first kappa shape index (κ1) is 8.62. The monoisotopic (exact) mass is 178 g/mol. The number of aryl methyl sites for hydroxylation is 1. The van der Waals surface area contributed by atoms with Gasteiger partial charge in [0.05, 0.1) is 0 Å². The van der Waals surface area contributed by atoms with Gasteiger partial charge >= 0.3 is 5.08 Å². The molecule has 0 saturated carbocycles. The molecular weight excluding hydrogens is 170 g/mol. The number of benzene rings is 1. The van der Waals surface area contributed by atoms with Gasteiger partial charge in [0.1, 0.15) is 0 Å². The van der Waals surface area contributed by atoms with Crippen molar-refractivity contribution in [3.05, 3.63) is 40.5 Å². The Morgan fingerprint density at radius 2 is 2.00 bits per heavy atom. The van der Waals surface area contributed by atoms with Crippen LogP contribution in [0.2, 0.25) is 0 Å². The summed E-state index contributed by atoms with van der Waals surface area (Å²) in [6.07, 6.45) is 0. The molecule has 0 aliphatic rings. The van der Waals surface area contributed by atoms with Gasteiger partial charge in [0.15, 0.2) is 4.99 Å². The van der Waals surface area contributed by atoms with E-state index in [1.165, 1.54) is 5.56 Å². The number of hydrogen-bond acceptors (Lipinski definition) is 2. The lowest BCUT2D eigenvalue weighted by atomic mass is 10.1. The second-order valence-electron chi connectivity index (χ2n) is 2.41. The number of nitrogens with zero attached hydrogens (tertiary/aromatic N) is 2. The van der Waals surface area contributed by atoms with Gasteiger partial charge in [-0.25, -0.2) is 0 Å². The third-order valence-electron chi connectivity index (χ3n) is 1.47. The molecular formula is C8H8N3S+. The Kier molecular flexibility index (Phi) is 2.72. The van der Waals surface area contributed by atoms with E-state index in [0.717, 1.165) is 5.56 Å². The molecule has 0 aromatic heterocycles. The standard InChI is InChI=1S/C8H7N3S/c1-6-2-4-7(5-3-6)8(12)10-11-9/h2-5H,1H3/p+1. The van der Waals surface area contributed by atoms with E-state index in [-0.39, 0.29) is 0 Å². The topological polar surface area (TPSA) is 40.2 Å². The highest BCUT2D eigenvalue weighted by molar-refractivity contribution is 7.80. The Bertz CT molecular complexity index is 323. The maximum Gasteiger partial charge on any atom is 0.308 e.